The molecule has 1 aliphatic rings. The lowest BCUT2D eigenvalue weighted by atomic mass is 9.69. The molecule has 2 nitrogen and oxygen atoms in total. The fourth-order valence-corrected chi connectivity index (χ4v) is 9.37. The Morgan fingerprint density at radius 1 is 0.352 bits per heavy atom. The molecule has 11 rings (SSSR count). The van der Waals surface area contributed by atoms with E-state index in [4.69, 9.17) is 0 Å². The zero-order chi connectivity index (χ0) is 36.0. The summed E-state index contributed by atoms with van der Waals surface area (Å²) in [5.41, 5.74) is 17.8. The number of hydrogen-bond acceptors (Lipinski definition) is 0. The molecule has 54 heavy (non-hydrogen) atoms. The lowest BCUT2D eigenvalue weighted by molar-refractivity contribution is 0.610. The first-order valence-corrected chi connectivity index (χ1v) is 19.0. The molecule has 0 spiro atoms. The number of hydrogen-bond donors (Lipinski definition) is 0. The van der Waals surface area contributed by atoms with Gasteiger partial charge in [0.2, 0.25) is 0 Å². The molecule has 1 aliphatic carbocycles. The molecule has 0 amide bonds. The van der Waals surface area contributed by atoms with E-state index in [1.807, 2.05) is 0 Å². The molecule has 0 unspecified atom stereocenters. The molecule has 10 aromatic rings. The Morgan fingerprint density at radius 3 is 1.50 bits per heavy atom. The van der Waals surface area contributed by atoms with Gasteiger partial charge in [-0.3, -0.25) is 0 Å². The molecule has 2 aromatic heterocycles. The summed E-state index contributed by atoms with van der Waals surface area (Å²) in [6, 6.07) is 67.3. The zero-order valence-corrected chi connectivity index (χ0v) is 30.4. The highest BCUT2D eigenvalue weighted by Gasteiger charge is 2.32. The van der Waals surface area contributed by atoms with Crippen LogP contribution in [-0.2, 0) is 11.8 Å². The van der Waals surface area contributed by atoms with Crippen LogP contribution in [0.5, 0.6) is 0 Å². The highest BCUT2D eigenvalue weighted by Crippen LogP contribution is 2.44. The number of para-hydroxylation sites is 2. The van der Waals surface area contributed by atoms with E-state index in [1.54, 1.807) is 0 Å². The molecule has 256 valence electrons. The van der Waals surface area contributed by atoms with Crippen molar-refractivity contribution in [1.29, 1.82) is 0 Å². The second-order valence-electron chi connectivity index (χ2n) is 15.4. The van der Waals surface area contributed by atoms with Gasteiger partial charge in [0.15, 0.2) is 0 Å². The number of aromatic nitrogens is 2. The number of benzene rings is 8. The Morgan fingerprint density at radius 2 is 0.833 bits per heavy atom. The minimum Gasteiger partial charge on any atom is -0.309 e. The first-order valence-electron chi connectivity index (χ1n) is 19.0. The normalized spacial score (nSPS) is 13.4. The third-order valence-electron chi connectivity index (χ3n) is 12.0. The van der Waals surface area contributed by atoms with Gasteiger partial charge >= 0.3 is 0 Å². The Balaban J connectivity index is 1.03. The molecule has 0 atom stereocenters. The molecular formula is C52H38N2. The Labute approximate surface area is 315 Å². The second-order valence-corrected chi connectivity index (χ2v) is 15.4. The van der Waals surface area contributed by atoms with Crippen molar-refractivity contribution in [2.45, 2.75) is 25.7 Å². The van der Waals surface area contributed by atoms with Crippen LogP contribution in [0.4, 0.5) is 0 Å². The van der Waals surface area contributed by atoms with Crippen molar-refractivity contribution in [3.63, 3.8) is 0 Å². The lowest BCUT2D eigenvalue weighted by Crippen LogP contribution is -2.27. The number of nitrogens with zero attached hydrogens (tertiary/aromatic N) is 2. The standard InChI is InChI=1S/C52H38N2/c1-52(2)46-17-9-6-14-38(46)30-39-22-27-41(33-47(39)52)54-49-19-11-8-16-43(49)45-32-37(24-29-51(45)54)36-23-28-50-44(31-36)42-15-7-10-18-48(42)53(50)40-25-20-35(21-26-40)34-12-4-3-5-13-34/h3-29,31-33H,30H2,1-2H3. The van der Waals surface area contributed by atoms with Crippen LogP contribution in [0.2, 0.25) is 0 Å². The van der Waals surface area contributed by atoms with Gasteiger partial charge in [-0.05, 0) is 112 Å². The topological polar surface area (TPSA) is 9.86 Å². The summed E-state index contributed by atoms with van der Waals surface area (Å²) < 4.78 is 4.86. The molecule has 8 aromatic carbocycles. The van der Waals surface area contributed by atoms with Crippen molar-refractivity contribution >= 4 is 43.6 Å². The number of fused-ring (bicyclic) bond motifs is 8. The largest absolute Gasteiger partial charge is 0.309 e. The van der Waals surface area contributed by atoms with Gasteiger partial charge in [0, 0.05) is 38.3 Å². The van der Waals surface area contributed by atoms with Crippen molar-refractivity contribution in [3.05, 3.63) is 204 Å². The number of rotatable bonds is 4. The summed E-state index contributed by atoms with van der Waals surface area (Å²) in [5.74, 6) is 0. The van der Waals surface area contributed by atoms with Crippen LogP contribution in [0.1, 0.15) is 36.1 Å². The van der Waals surface area contributed by atoms with Crippen LogP contribution in [-0.4, -0.2) is 9.13 Å². The van der Waals surface area contributed by atoms with Crippen LogP contribution in [0, 0.1) is 0 Å². The first kappa shape index (κ1) is 30.9. The smallest absolute Gasteiger partial charge is 0.0541 e. The highest BCUT2D eigenvalue weighted by molar-refractivity contribution is 6.12. The molecule has 0 N–H and O–H groups in total. The maximum Gasteiger partial charge on any atom is 0.0541 e. The van der Waals surface area contributed by atoms with Gasteiger partial charge in [-0.15, -0.1) is 0 Å². The summed E-state index contributed by atoms with van der Waals surface area (Å²) in [5, 5.41) is 5.06. The SMILES string of the molecule is CC1(C)c2ccccc2Cc2ccc(-n3c4ccccc4c4cc(-c5ccc6c(c5)c5ccccc5n6-c5ccc(-c6ccccc6)cc5)ccc43)cc21. The van der Waals surface area contributed by atoms with E-state index >= 15 is 0 Å². The third-order valence-corrected chi connectivity index (χ3v) is 12.0. The monoisotopic (exact) mass is 690 g/mol. The molecule has 0 aliphatic heterocycles. The van der Waals surface area contributed by atoms with E-state index in [2.05, 4.69) is 205 Å². The average molecular weight is 691 g/mol. The summed E-state index contributed by atoms with van der Waals surface area (Å²) in [4.78, 5) is 0. The zero-order valence-electron chi connectivity index (χ0n) is 30.4. The van der Waals surface area contributed by atoms with Gasteiger partial charge in [0.05, 0.1) is 22.1 Å². The second kappa shape index (κ2) is 11.7. The van der Waals surface area contributed by atoms with Crippen LogP contribution >= 0.6 is 0 Å². The molecule has 0 radical (unpaired) electrons. The molecule has 0 bridgehead atoms. The molecule has 0 saturated carbocycles. The molecule has 2 heteroatoms. The minimum absolute atomic E-state index is 0.0699. The van der Waals surface area contributed by atoms with Crippen LogP contribution in [0.15, 0.2) is 182 Å². The van der Waals surface area contributed by atoms with Gasteiger partial charge < -0.3 is 9.13 Å². The first-order chi connectivity index (χ1) is 26.5. The van der Waals surface area contributed by atoms with Gasteiger partial charge in [0.1, 0.15) is 0 Å². The molecular weight excluding hydrogens is 653 g/mol. The van der Waals surface area contributed by atoms with Gasteiger partial charge in [-0.2, -0.15) is 0 Å². The predicted molar refractivity (Wildman–Crippen MR) is 227 cm³/mol. The van der Waals surface area contributed by atoms with E-state index in [9.17, 15) is 0 Å². The van der Waals surface area contributed by atoms with Crippen LogP contribution in [0.3, 0.4) is 0 Å². The maximum atomic E-state index is 2.46. The van der Waals surface area contributed by atoms with E-state index in [0.29, 0.717) is 0 Å². The quantitative estimate of drug-likeness (QED) is 0.174. The van der Waals surface area contributed by atoms with Gasteiger partial charge in [0.25, 0.3) is 0 Å². The maximum absolute atomic E-state index is 2.46. The van der Waals surface area contributed by atoms with Crippen molar-refractivity contribution in [2.24, 2.45) is 0 Å². The summed E-state index contributed by atoms with van der Waals surface area (Å²) in [7, 11) is 0. The Kier molecular flexibility index (Phi) is 6.69. The lowest BCUT2D eigenvalue weighted by Gasteiger charge is -2.35. The third kappa shape index (κ3) is 4.60. The highest BCUT2D eigenvalue weighted by atomic mass is 15.0. The van der Waals surface area contributed by atoms with Gasteiger partial charge in [-0.1, -0.05) is 135 Å². The molecule has 2 heterocycles. The molecule has 0 saturated heterocycles. The van der Waals surface area contributed by atoms with Crippen molar-refractivity contribution in [1.82, 2.24) is 9.13 Å². The van der Waals surface area contributed by atoms with E-state index in [0.717, 1.165) is 12.1 Å². The van der Waals surface area contributed by atoms with E-state index < -0.39 is 0 Å². The van der Waals surface area contributed by atoms with Crippen LogP contribution < -0.4 is 0 Å². The van der Waals surface area contributed by atoms with E-state index in [-0.39, 0.29) is 5.41 Å². The fourth-order valence-electron chi connectivity index (χ4n) is 9.37. The van der Waals surface area contributed by atoms with Crippen LogP contribution in [0.25, 0.3) is 77.2 Å². The summed E-state index contributed by atoms with van der Waals surface area (Å²) in [6.45, 7) is 4.75. The van der Waals surface area contributed by atoms with Gasteiger partial charge in [-0.25, -0.2) is 0 Å². The van der Waals surface area contributed by atoms with Crippen molar-refractivity contribution < 1.29 is 0 Å². The average Bonchev–Trinajstić information content (AvgIpc) is 3.73. The summed E-state index contributed by atoms with van der Waals surface area (Å²) >= 11 is 0. The Hall–Kier alpha value is -6.64. The minimum atomic E-state index is -0.0699. The van der Waals surface area contributed by atoms with E-state index in [1.165, 1.54) is 93.8 Å². The molecule has 0 fully saturated rings. The fraction of sp³-hybridized carbons (Fsp3) is 0.0769. The Bertz CT molecular complexity index is 3080. The van der Waals surface area contributed by atoms with Crippen molar-refractivity contribution in [3.8, 4) is 33.6 Å². The predicted octanol–water partition coefficient (Wildman–Crippen LogP) is 13.4. The van der Waals surface area contributed by atoms with Crippen molar-refractivity contribution in [2.75, 3.05) is 0 Å². The summed E-state index contributed by atoms with van der Waals surface area (Å²) in [6.07, 6.45) is 0.981.